The van der Waals surface area contributed by atoms with E-state index < -0.39 is 28.7 Å². The van der Waals surface area contributed by atoms with Crippen molar-refractivity contribution in [2.45, 2.75) is 35.9 Å². The van der Waals surface area contributed by atoms with Gasteiger partial charge in [0, 0.05) is 38.0 Å². The van der Waals surface area contributed by atoms with E-state index in [4.69, 9.17) is 9.47 Å². The van der Waals surface area contributed by atoms with Gasteiger partial charge >= 0.3 is 5.97 Å². The topological polar surface area (TPSA) is 99.6 Å². The van der Waals surface area contributed by atoms with Crippen LogP contribution in [0.4, 0.5) is 0 Å². The van der Waals surface area contributed by atoms with Crippen molar-refractivity contribution in [2.75, 3.05) is 59.2 Å². The van der Waals surface area contributed by atoms with Crippen LogP contribution in [0.3, 0.4) is 0 Å². The second-order valence-electron chi connectivity index (χ2n) is 10.3. The maximum atomic E-state index is 14.2. The summed E-state index contributed by atoms with van der Waals surface area (Å²) in [5.41, 5.74) is 0. The zero-order valence-electron chi connectivity index (χ0n) is 20.4. The highest BCUT2D eigenvalue weighted by Crippen LogP contribution is 2.61. The van der Waals surface area contributed by atoms with Gasteiger partial charge in [-0.2, -0.15) is 0 Å². The molecule has 0 bridgehead atoms. The Balaban J connectivity index is 1.51. The number of morpholine rings is 1. The fourth-order valence-corrected chi connectivity index (χ4v) is 8.21. The number of esters is 1. The van der Waals surface area contributed by atoms with Gasteiger partial charge in [-0.1, -0.05) is 38.2 Å². The zero-order valence-corrected chi connectivity index (χ0v) is 21.2. The molecule has 0 aliphatic carbocycles. The van der Waals surface area contributed by atoms with Crippen LogP contribution >= 0.6 is 11.8 Å². The van der Waals surface area contributed by atoms with Crippen LogP contribution in [0.5, 0.6) is 0 Å². The van der Waals surface area contributed by atoms with Crippen molar-refractivity contribution in [3.63, 3.8) is 0 Å². The molecule has 5 aliphatic rings. The molecule has 5 aliphatic heterocycles. The highest BCUT2D eigenvalue weighted by molar-refractivity contribution is 8.02. The van der Waals surface area contributed by atoms with Crippen molar-refractivity contribution in [1.29, 1.82) is 0 Å². The monoisotopic (exact) mass is 505 g/mol. The fraction of sp³-hybridized carbons (Fsp3) is 0.720. The summed E-state index contributed by atoms with van der Waals surface area (Å²) in [5.74, 6) is -2.14. The molecule has 1 N–H and O–H groups in total. The Hall–Kier alpha value is -1.88. The molecule has 0 saturated carbocycles. The van der Waals surface area contributed by atoms with Gasteiger partial charge in [0.1, 0.15) is 12.6 Å². The molecule has 192 valence electrons. The van der Waals surface area contributed by atoms with Gasteiger partial charge in [-0.25, -0.2) is 0 Å². The number of cyclic esters (lactones) is 1. The standard InChI is InChI=1S/C25H35N3O6S/c1-16(2)17(15-29)28-21-23(31)27(9-8-26-10-13-33-14-11-26)7-4-6-25(21)20(22(28)30)19-18(35-25)5-3-12-34-24(19)32/h3-6,16-21,29H,7-15H2,1-2H3/t17-,18-,19+,20-,21?,25-/m0/s1. The molecular formula is C25H35N3O6S. The second kappa shape index (κ2) is 9.88. The quantitative estimate of drug-likeness (QED) is 0.402. The van der Waals surface area contributed by atoms with Crippen molar-refractivity contribution < 1.29 is 29.0 Å². The van der Waals surface area contributed by atoms with Crippen molar-refractivity contribution in [3.05, 3.63) is 24.3 Å². The van der Waals surface area contributed by atoms with E-state index >= 15 is 0 Å². The Morgan fingerprint density at radius 1 is 1.14 bits per heavy atom. The van der Waals surface area contributed by atoms with Crippen LogP contribution < -0.4 is 0 Å². The van der Waals surface area contributed by atoms with E-state index in [0.717, 1.165) is 19.6 Å². The van der Waals surface area contributed by atoms with E-state index in [2.05, 4.69) is 4.90 Å². The molecule has 3 fully saturated rings. The third-order valence-corrected chi connectivity index (χ3v) is 9.78. The largest absolute Gasteiger partial charge is 0.461 e. The number of likely N-dealkylation sites (tertiary alicyclic amines) is 1. The normalized spacial score (nSPS) is 36.1. The number of nitrogens with zero attached hydrogens (tertiary/aromatic N) is 3. The van der Waals surface area contributed by atoms with Crippen LogP contribution in [0.2, 0.25) is 0 Å². The highest BCUT2D eigenvalue weighted by Gasteiger charge is 2.71. The molecule has 0 aromatic heterocycles. The molecule has 1 spiro atoms. The SMILES string of the molecule is CC(C)[C@H](CO)N1C(=O)[C@@H]2[C@@H]3C(=O)OCC=C[C@@H]3S[C@@]23C=CCN(CCN2CCOCC2)C(=O)C13. The third kappa shape index (κ3) is 4.12. The van der Waals surface area contributed by atoms with Gasteiger partial charge in [0.05, 0.1) is 42.4 Å². The molecule has 6 atom stereocenters. The first-order valence-electron chi connectivity index (χ1n) is 12.6. The molecule has 0 aromatic rings. The minimum Gasteiger partial charge on any atom is -0.461 e. The van der Waals surface area contributed by atoms with Crippen LogP contribution in [0, 0.1) is 17.8 Å². The van der Waals surface area contributed by atoms with Gasteiger partial charge in [0.25, 0.3) is 0 Å². The average molecular weight is 506 g/mol. The Labute approximate surface area is 210 Å². The number of fused-ring (bicyclic) bond motifs is 2. The molecular weight excluding hydrogens is 470 g/mol. The number of aliphatic hydroxyl groups is 1. The number of amides is 2. The van der Waals surface area contributed by atoms with Crippen LogP contribution in [0.25, 0.3) is 0 Å². The van der Waals surface area contributed by atoms with E-state index in [1.54, 1.807) is 4.90 Å². The van der Waals surface area contributed by atoms with E-state index in [1.165, 1.54) is 11.8 Å². The average Bonchev–Trinajstić information content (AvgIpc) is 3.14. The molecule has 3 saturated heterocycles. The summed E-state index contributed by atoms with van der Waals surface area (Å²) in [6, 6.07) is -1.29. The maximum Gasteiger partial charge on any atom is 0.311 e. The van der Waals surface area contributed by atoms with Crippen LogP contribution in [0.1, 0.15) is 13.8 Å². The number of rotatable bonds is 6. The molecule has 0 aromatic carbocycles. The molecule has 9 nitrogen and oxygen atoms in total. The number of aliphatic hydroxyl groups excluding tert-OH is 1. The first kappa shape index (κ1) is 24.8. The van der Waals surface area contributed by atoms with Gasteiger partial charge in [0.15, 0.2) is 0 Å². The Morgan fingerprint density at radius 2 is 1.91 bits per heavy atom. The molecule has 5 rings (SSSR count). The first-order chi connectivity index (χ1) is 16.9. The molecule has 35 heavy (non-hydrogen) atoms. The first-order valence-corrected chi connectivity index (χ1v) is 13.5. The summed E-state index contributed by atoms with van der Waals surface area (Å²) in [6.45, 7) is 8.66. The maximum absolute atomic E-state index is 14.2. The van der Waals surface area contributed by atoms with Gasteiger partial charge in [-0.3, -0.25) is 19.3 Å². The lowest BCUT2D eigenvalue weighted by Gasteiger charge is -2.40. The Morgan fingerprint density at radius 3 is 2.63 bits per heavy atom. The predicted octanol–water partition coefficient (Wildman–Crippen LogP) is 0.144. The predicted molar refractivity (Wildman–Crippen MR) is 131 cm³/mol. The number of hydrogen-bond acceptors (Lipinski definition) is 8. The summed E-state index contributed by atoms with van der Waals surface area (Å²) in [5, 5.41) is 10.1. The summed E-state index contributed by atoms with van der Waals surface area (Å²) < 4.78 is 9.97. The summed E-state index contributed by atoms with van der Waals surface area (Å²) in [6.07, 6.45) is 7.76. The van der Waals surface area contributed by atoms with E-state index in [0.29, 0.717) is 26.3 Å². The van der Waals surface area contributed by atoms with Crippen molar-refractivity contribution in [3.8, 4) is 0 Å². The zero-order chi connectivity index (χ0) is 24.7. The van der Waals surface area contributed by atoms with Crippen molar-refractivity contribution in [1.82, 2.24) is 14.7 Å². The lowest BCUT2D eigenvalue weighted by molar-refractivity contribution is -0.152. The second-order valence-corrected chi connectivity index (χ2v) is 11.8. The molecule has 10 heteroatoms. The van der Waals surface area contributed by atoms with E-state index in [9.17, 15) is 19.5 Å². The molecule has 0 radical (unpaired) electrons. The van der Waals surface area contributed by atoms with Gasteiger partial charge in [0.2, 0.25) is 11.8 Å². The number of carbonyl (C=O) groups excluding carboxylic acids is 3. The van der Waals surface area contributed by atoms with Gasteiger partial charge in [-0.15, -0.1) is 11.8 Å². The van der Waals surface area contributed by atoms with E-state index in [-0.39, 0.29) is 42.2 Å². The number of ether oxygens (including phenoxy) is 2. The molecule has 2 amide bonds. The lowest BCUT2D eigenvalue weighted by Crippen LogP contribution is -2.58. The smallest absolute Gasteiger partial charge is 0.311 e. The summed E-state index contributed by atoms with van der Waals surface area (Å²) in [4.78, 5) is 47.0. The van der Waals surface area contributed by atoms with E-state index in [1.807, 2.05) is 43.1 Å². The number of hydrogen-bond donors (Lipinski definition) is 1. The van der Waals surface area contributed by atoms with Gasteiger partial charge in [-0.05, 0) is 5.92 Å². The number of carbonyl (C=O) groups is 3. The summed E-state index contributed by atoms with van der Waals surface area (Å²) >= 11 is 1.53. The third-order valence-electron chi connectivity index (χ3n) is 8.04. The van der Waals surface area contributed by atoms with Crippen molar-refractivity contribution in [2.24, 2.45) is 17.8 Å². The minimum absolute atomic E-state index is 0.0524. The van der Waals surface area contributed by atoms with Crippen LogP contribution in [0.15, 0.2) is 24.3 Å². The minimum atomic E-state index is -0.875. The van der Waals surface area contributed by atoms with Gasteiger partial charge < -0.3 is 24.4 Å². The Bertz CT molecular complexity index is 919. The van der Waals surface area contributed by atoms with Crippen LogP contribution in [-0.2, 0) is 23.9 Å². The number of thioether (sulfide) groups is 1. The molecule has 5 heterocycles. The molecule has 1 unspecified atom stereocenters. The summed E-state index contributed by atoms with van der Waals surface area (Å²) in [7, 11) is 0. The highest BCUT2D eigenvalue weighted by atomic mass is 32.2. The van der Waals surface area contributed by atoms with Crippen molar-refractivity contribution >= 4 is 29.5 Å². The van der Waals surface area contributed by atoms with Crippen LogP contribution in [-0.4, -0.2) is 119 Å². The Kier molecular flexibility index (Phi) is 7.00. The lowest BCUT2D eigenvalue weighted by atomic mass is 9.78. The fourth-order valence-electron chi connectivity index (χ4n) is 6.22.